The minimum atomic E-state index is -2.53. The second-order valence-electron chi connectivity index (χ2n) is 10.5. The highest BCUT2D eigenvalue weighted by Crippen LogP contribution is 2.46. The summed E-state index contributed by atoms with van der Waals surface area (Å²) in [6.45, 7) is 9.40. The Morgan fingerprint density at radius 1 is 1.05 bits per heavy atom. The van der Waals surface area contributed by atoms with E-state index >= 15 is 0 Å². The van der Waals surface area contributed by atoms with Crippen molar-refractivity contribution in [2.24, 2.45) is 5.92 Å². The van der Waals surface area contributed by atoms with Crippen LogP contribution in [0.1, 0.15) is 64.9 Å². The minimum absolute atomic E-state index is 0.00383. The van der Waals surface area contributed by atoms with Crippen LogP contribution in [0.2, 0.25) is 0 Å². The molecule has 1 unspecified atom stereocenters. The zero-order valence-electron chi connectivity index (χ0n) is 23.4. The number of urea groups is 1. The second-order valence-corrected chi connectivity index (χ2v) is 12.9. The fourth-order valence-corrected chi connectivity index (χ4v) is 6.50. The fourth-order valence-electron chi connectivity index (χ4n) is 5.00. The van der Waals surface area contributed by atoms with Gasteiger partial charge in [-0.1, -0.05) is 26.8 Å². The zero-order valence-corrected chi connectivity index (χ0v) is 24.2. The molecule has 5 N–H and O–H groups in total. The van der Waals surface area contributed by atoms with Gasteiger partial charge in [-0.25, -0.2) is 4.79 Å². The van der Waals surface area contributed by atoms with Crippen LogP contribution in [0.5, 0.6) is 5.75 Å². The number of nitrogens with zero attached hydrogens (tertiary/aromatic N) is 1. The topological polar surface area (TPSA) is 131 Å². The maximum absolute atomic E-state index is 13.2. The summed E-state index contributed by atoms with van der Waals surface area (Å²) in [7, 11) is -2.53. The van der Waals surface area contributed by atoms with Crippen LogP contribution in [0.3, 0.4) is 0 Å². The van der Waals surface area contributed by atoms with E-state index in [0.717, 1.165) is 23.5 Å². The predicted molar refractivity (Wildman–Crippen MR) is 160 cm³/mol. The molecule has 1 fully saturated rings. The molecule has 39 heavy (non-hydrogen) atoms. The van der Waals surface area contributed by atoms with Gasteiger partial charge >= 0.3 is 12.0 Å². The molecule has 0 aromatic heterocycles. The van der Waals surface area contributed by atoms with Gasteiger partial charge in [0.05, 0.1) is 24.4 Å². The van der Waals surface area contributed by atoms with E-state index in [2.05, 4.69) is 29.4 Å². The van der Waals surface area contributed by atoms with Crippen LogP contribution in [0, 0.1) is 5.92 Å². The van der Waals surface area contributed by atoms with Crippen LogP contribution in [-0.4, -0.2) is 56.9 Å². The van der Waals surface area contributed by atoms with Gasteiger partial charge in [-0.05, 0) is 80.0 Å². The number of benzene rings is 2. The van der Waals surface area contributed by atoms with Gasteiger partial charge in [-0.15, -0.1) is 0 Å². The largest absolute Gasteiger partial charge is 0.494 e. The van der Waals surface area contributed by atoms with Crippen molar-refractivity contribution >= 4 is 39.7 Å². The van der Waals surface area contributed by atoms with E-state index in [1.165, 1.54) is 0 Å². The SMILES string of the molecule is CCOc1ccc(NC(=O)Nc2cc(C(CC)CC(=O)O)ccc2N(CC(C)C)C2CCS(O)(O)CC2)cc1. The van der Waals surface area contributed by atoms with Gasteiger partial charge in [-0.3, -0.25) is 13.9 Å². The minimum Gasteiger partial charge on any atom is -0.494 e. The van der Waals surface area contributed by atoms with Gasteiger partial charge in [-0.2, -0.15) is 10.6 Å². The summed E-state index contributed by atoms with van der Waals surface area (Å²) in [5.41, 5.74) is 2.89. The van der Waals surface area contributed by atoms with E-state index in [4.69, 9.17) is 4.74 Å². The van der Waals surface area contributed by atoms with Crippen LogP contribution in [0.15, 0.2) is 42.5 Å². The third-order valence-electron chi connectivity index (χ3n) is 6.95. The number of amides is 2. The van der Waals surface area contributed by atoms with E-state index in [1.807, 2.05) is 32.0 Å². The Bertz CT molecular complexity index is 1100. The maximum atomic E-state index is 13.2. The number of ether oxygens (including phenoxy) is 1. The van der Waals surface area contributed by atoms with E-state index in [0.29, 0.717) is 54.7 Å². The number of aliphatic carboxylic acids is 1. The average molecular weight is 562 g/mol. The number of nitrogens with one attached hydrogen (secondary N) is 2. The van der Waals surface area contributed by atoms with Gasteiger partial charge in [0, 0.05) is 29.8 Å². The van der Waals surface area contributed by atoms with E-state index in [-0.39, 0.29) is 18.4 Å². The van der Waals surface area contributed by atoms with Gasteiger partial charge in [0.1, 0.15) is 5.75 Å². The lowest BCUT2D eigenvalue weighted by Crippen LogP contribution is -2.42. The zero-order chi connectivity index (χ0) is 28.6. The molecular weight excluding hydrogens is 518 g/mol. The fraction of sp³-hybridized carbons (Fsp3) is 0.517. The number of carbonyl (C=O) groups is 2. The molecule has 1 heterocycles. The van der Waals surface area contributed by atoms with Crippen LogP contribution in [0.25, 0.3) is 0 Å². The molecule has 3 rings (SSSR count). The van der Waals surface area contributed by atoms with Crippen LogP contribution >= 0.6 is 10.6 Å². The third-order valence-corrected chi connectivity index (χ3v) is 8.72. The molecule has 1 aliphatic rings. The molecule has 9 nitrogen and oxygen atoms in total. The molecule has 2 amide bonds. The molecular formula is C29H43N3O6S. The summed E-state index contributed by atoms with van der Waals surface area (Å²) in [5.74, 6) is 0.719. The first-order valence-corrected chi connectivity index (χ1v) is 15.6. The number of anilines is 3. The Balaban J connectivity index is 1.94. The number of rotatable bonds is 12. The number of hydrogen-bond donors (Lipinski definition) is 5. The van der Waals surface area contributed by atoms with Crippen molar-refractivity contribution in [3.05, 3.63) is 48.0 Å². The molecule has 0 radical (unpaired) electrons. The quantitative estimate of drug-likeness (QED) is 0.187. The van der Waals surface area contributed by atoms with Crippen molar-refractivity contribution in [1.82, 2.24) is 0 Å². The summed E-state index contributed by atoms with van der Waals surface area (Å²) in [5, 5.41) is 15.3. The van der Waals surface area contributed by atoms with Crippen molar-refractivity contribution in [1.29, 1.82) is 0 Å². The molecule has 216 valence electrons. The first-order valence-electron chi connectivity index (χ1n) is 13.7. The van der Waals surface area contributed by atoms with Crippen molar-refractivity contribution in [3.63, 3.8) is 0 Å². The first kappa shape index (κ1) is 30.6. The van der Waals surface area contributed by atoms with E-state index in [9.17, 15) is 23.8 Å². The molecule has 0 spiro atoms. The van der Waals surface area contributed by atoms with Gasteiger partial charge in [0.15, 0.2) is 0 Å². The lowest BCUT2D eigenvalue weighted by Gasteiger charge is -2.44. The standard InChI is InChI=1S/C29H43N3O6S/c1-5-21(18-28(33)34)22-7-12-27(32(19-20(3)4)24-13-15-39(36,37)16-14-24)26(17-22)31-29(35)30-23-8-10-25(11-9-23)38-6-2/h7-12,17,20-21,24,36-37H,5-6,13-16,18-19H2,1-4H3,(H,33,34)(H2,30,31,35). The summed E-state index contributed by atoms with van der Waals surface area (Å²) < 4.78 is 25.8. The van der Waals surface area contributed by atoms with Crippen molar-refractivity contribution in [3.8, 4) is 5.75 Å². The lowest BCUT2D eigenvalue weighted by atomic mass is 9.92. The molecule has 2 aromatic carbocycles. The first-order chi connectivity index (χ1) is 18.5. The highest BCUT2D eigenvalue weighted by Gasteiger charge is 2.30. The number of carbonyl (C=O) groups excluding carboxylic acids is 1. The van der Waals surface area contributed by atoms with Crippen LogP contribution in [-0.2, 0) is 4.79 Å². The molecule has 1 saturated heterocycles. The molecule has 2 aromatic rings. The normalized spacial score (nSPS) is 16.8. The molecule has 1 atom stereocenters. The molecule has 1 aliphatic heterocycles. The van der Waals surface area contributed by atoms with Gasteiger partial charge < -0.3 is 25.4 Å². The van der Waals surface area contributed by atoms with E-state index < -0.39 is 22.6 Å². The molecule has 10 heteroatoms. The maximum Gasteiger partial charge on any atom is 0.323 e. The predicted octanol–water partition coefficient (Wildman–Crippen LogP) is 7.07. The van der Waals surface area contributed by atoms with Crippen LogP contribution < -0.4 is 20.3 Å². The van der Waals surface area contributed by atoms with E-state index in [1.54, 1.807) is 24.3 Å². The third kappa shape index (κ3) is 9.05. The number of carboxylic acid groups (broad SMARTS) is 1. The summed E-state index contributed by atoms with van der Waals surface area (Å²) in [4.78, 5) is 26.9. The van der Waals surface area contributed by atoms with Crippen LogP contribution in [0.4, 0.5) is 21.9 Å². The van der Waals surface area contributed by atoms with Gasteiger partial charge in [0.25, 0.3) is 0 Å². The number of carboxylic acids is 1. The van der Waals surface area contributed by atoms with Crippen molar-refractivity contribution < 1.29 is 28.5 Å². The molecule has 0 saturated carbocycles. The molecule has 0 aliphatic carbocycles. The number of hydrogen-bond acceptors (Lipinski definition) is 6. The van der Waals surface area contributed by atoms with Crippen molar-refractivity contribution in [2.45, 2.75) is 65.3 Å². The summed E-state index contributed by atoms with van der Waals surface area (Å²) in [6.07, 6.45) is 1.94. The van der Waals surface area contributed by atoms with Crippen molar-refractivity contribution in [2.75, 3.05) is 40.2 Å². The molecule has 0 bridgehead atoms. The smallest absolute Gasteiger partial charge is 0.323 e. The second kappa shape index (κ2) is 13.9. The Kier molecular flexibility index (Phi) is 10.9. The lowest BCUT2D eigenvalue weighted by molar-refractivity contribution is -0.137. The average Bonchev–Trinajstić information content (AvgIpc) is 2.87. The highest BCUT2D eigenvalue weighted by atomic mass is 32.3. The Morgan fingerprint density at radius 3 is 2.28 bits per heavy atom. The Hall–Kier alpha value is -2.95. The Labute approximate surface area is 233 Å². The summed E-state index contributed by atoms with van der Waals surface area (Å²) in [6, 6.07) is 12.6. The summed E-state index contributed by atoms with van der Waals surface area (Å²) >= 11 is 0. The Morgan fingerprint density at radius 2 is 1.72 bits per heavy atom. The monoisotopic (exact) mass is 561 g/mol. The van der Waals surface area contributed by atoms with Gasteiger partial charge in [0.2, 0.25) is 0 Å². The highest BCUT2D eigenvalue weighted by molar-refractivity contribution is 8.24.